The number of nitrogens with one attached hydrogen (secondary N) is 2. The highest BCUT2D eigenvalue weighted by atomic mass is 79.9. The summed E-state index contributed by atoms with van der Waals surface area (Å²) in [7, 11) is 0. The zero-order valence-corrected chi connectivity index (χ0v) is 19.3. The number of nitrogens with zero attached hydrogens (tertiary/aromatic N) is 2. The fourth-order valence-corrected chi connectivity index (χ4v) is 4.02. The van der Waals surface area contributed by atoms with Gasteiger partial charge < -0.3 is 53.6 Å². The predicted octanol–water partition coefficient (Wildman–Crippen LogP) is -5.61. The Balaban J connectivity index is 0. The Labute approximate surface area is 171 Å². The van der Waals surface area contributed by atoms with Gasteiger partial charge in [0, 0.05) is 32.6 Å². The van der Waals surface area contributed by atoms with Crippen molar-refractivity contribution in [2.75, 3.05) is 78.5 Å². The van der Waals surface area contributed by atoms with Crippen LogP contribution in [-0.2, 0) is 0 Å². The average molecular weight is 562 g/mol. The molecule has 3 aliphatic rings. The van der Waals surface area contributed by atoms with Crippen LogP contribution in [0.25, 0.3) is 0 Å². The molecule has 2 spiro atoms. The first-order valence-corrected chi connectivity index (χ1v) is 7.44. The summed E-state index contributed by atoms with van der Waals surface area (Å²) < 4.78 is 2.83. The molecule has 2 N–H and O–H groups in total. The summed E-state index contributed by atoms with van der Waals surface area (Å²) in [5.74, 6) is 0. The van der Waals surface area contributed by atoms with Crippen molar-refractivity contribution in [1.82, 2.24) is 10.6 Å². The second-order valence-corrected chi connectivity index (χ2v) is 6.33. The lowest BCUT2D eigenvalue weighted by atomic mass is 10.2. The van der Waals surface area contributed by atoms with Crippen LogP contribution < -0.4 is 44.6 Å². The maximum atomic E-state index is 3.52. The molecule has 0 aromatic carbocycles. The first-order chi connectivity index (χ1) is 8.33. The minimum atomic E-state index is 0. The summed E-state index contributed by atoms with van der Waals surface area (Å²) in [6.07, 6.45) is 1.44. The van der Waals surface area contributed by atoms with Gasteiger partial charge in [0.05, 0.1) is 39.3 Å². The number of hydrogen-bond acceptors (Lipinski definition) is 2. The van der Waals surface area contributed by atoms with Gasteiger partial charge in [0.15, 0.2) is 0 Å². The van der Waals surface area contributed by atoms with E-state index in [1.54, 1.807) is 0 Å². The number of piperazine rings is 2. The van der Waals surface area contributed by atoms with Gasteiger partial charge in [0.2, 0.25) is 0 Å². The molecule has 3 aliphatic heterocycles. The lowest BCUT2D eigenvalue weighted by Crippen LogP contribution is -3.00. The second kappa shape index (κ2) is 11.3. The maximum absolute atomic E-state index is 3.52. The summed E-state index contributed by atoms with van der Waals surface area (Å²) in [5, 5.41) is 7.03. The van der Waals surface area contributed by atoms with E-state index in [-0.39, 0.29) is 67.9 Å². The quantitative estimate of drug-likeness (QED) is 0.288. The lowest BCUT2D eigenvalue weighted by Gasteiger charge is -2.43. The van der Waals surface area contributed by atoms with Crippen molar-refractivity contribution in [3.05, 3.63) is 0 Å². The van der Waals surface area contributed by atoms with E-state index in [2.05, 4.69) is 10.6 Å². The Bertz CT molecular complexity index is 243. The number of halogens is 4. The van der Waals surface area contributed by atoms with Gasteiger partial charge in [-0.3, -0.25) is 0 Å². The van der Waals surface area contributed by atoms with Crippen LogP contribution in [0.1, 0.15) is 6.42 Å². The van der Waals surface area contributed by atoms with Crippen molar-refractivity contribution in [3.8, 4) is 0 Å². The molecule has 4 nitrogen and oxygen atoms in total. The minimum absolute atomic E-state index is 0. The van der Waals surface area contributed by atoms with Crippen molar-refractivity contribution in [2.45, 2.75) is 6.42 Å². The monoisotopic (exact) mass is 558 g/mol. The summed E-state index contributed by atoms with van der Waals surface area (Å²) in [6, 6.07) is 0. The molecular formula is C13H30Br4N4. The van der Waals surface area contributed by atoms with Crippen LogP contribution in [-0.4, -0.2) is 87.5 Å². The van der Waals surface area contributed by atoms with Crippen LogP contribution in [0.5, 0.6) is 0 Å². The smallest absolute Gasteiger partial charge is 0.129 e. The Morgan fingerprint density at radius 1 is 0.476 bits per heavy atom. The van der Waals surface area contributed by atoms with Crippen LogP contribution in [0, 0.1) is 0 Å². The van der Waals surface area contributed by atoms with Crippen LogP contribution in [0.4, 0.5) is 0 Å². The molecule has 0 atom stereocenters. The van der Waals surface area contributed by atoms with E-state index in [4.69, 9.17) is 0 Å². The number of quaternary nitrogens is 2. The van der Waals surface area contributed by atoms with E-state index in [0.717, 1.165) is 0 Å². The summed E-state index contributed by atoms with van der Waals surface area (Å²) >= 11 is 0. The fourth-order valence-electron chi connectivity index (χ4n) is 4.02. The standard InChI is InChI=1S/C13H28N4.4BrH/c1-6-16(8-2-14-3-9-16)12-13-17(7-1)10-4-15-5-11-17;;;;/h14-15H,1-13H2;4*1H/q+2;;;;/p-2. The topological polar surface area (TPSA) is 24.1 Å². The van der Waals surface area contributed by atoms with Gasteiger partial charge >= 0.3 is 0 Å². The Morgan fingerprint density at radius 3 is 1.14 bits per heavy atom. The van der Waals surface area contributed by atoms with Crippen LogP contribution in [0.2, 0.25) is 0 Å². The lowest BCUT2D eigenvalue weighted by molar-refractivity contribution is -0.965. The molecule has 3 rings (SSSR count). The van der Waals surface area contributed by atoms with E-state index >= 15 is 0 Å². The van der Waals surface area contributed by atoms with E-state index in [1.165, 1.54) is 93.9 Å². The molecule has 130 valence electrons. The molecule has 0 aliphatic carbocycles. The van der Waals surface area contributed by atoms with Crippen molar-refractivity contribution >= 4 is 34.0 Å². The average Bonchev–Trinajstić information content (AvgIpc) is 2.54. The zero-order valence-electron chi connectivity index (χ0n) is 12.7. The summed E-state index contributed by atoms with van der Waals surface area (Å²) in [6.45, 7) is 16.2. The van der Waals surface area contributed by atoms with Gasteiger partial charge in [-0.05, 0) is 0 Å². The van der Waals surface area contributed by atoms with Gasteiger partial charge in [-0.15, -0.1) is 34.0 Å². The third-order valence-electron chi connectivity index (χ3n) is 5.37. The van der Waals surface area contributed by atoms with Gasteiger partial charge in [0.25, 0.3) is 0 Å². The van der Waals surface area contributed by atoms with Crippen molar-refractivity contribution in [1.29, 1.82) is 0 Å². The van der Waals surface area contributed by atoms with E-state index in [1.807, 2.05) is 0 Å². The fraction of sp³-hybridized carbons (Fsp3) is 1.00. The van der Waals surface area contributed by atoms with Gasteiger partial charge in [-0.2, -0.15) is 0 Å². The Morgan fingerprint density at radius 2 is 0.810 bits per heavy atom. The zero-order chi connectivity index (χ0) is 11.6. The van der Waals surface area contributed by atoms with Gasteiger partial charge in [0.1, 0.15) is 13.1 Å². The molecule has 0 bridgehead atoms. The largest absolute Gasteiger partial charge is 1.00 e. The SMILES string of the molecule is Br.Br.C1C[N+]2(CCNCC2)CC[N+]2(C1)CCNCC2.[Br-].[Br-]. The predicted molar refractivity (Wildman–Crippen MR) is 90.5 cm³/mol. The summed E-state index contributed by atoms with van der Waals surface area (Å²) in [5.41, 5.74) is 0. The molecule has 8 heteroatoms. The molecule has 0 aromatic heterocycles. The Kier molecular flexibility index (Phi) is 13.5. The molecule has 0 radical (unpaired) electrons. The van der Waals surface area contributed by atoms with Crippen molar-refractivity contribution in [3.63, 3.8) is 0 Å². The molecule has 3 saturated heterocycles. The molecule has 0 amide bonds. The number of rotatable bonds is 0. The highest BCUT2D eigenvalue weighted by Crippen LogP contribution is 2.20. The van der Waals surface area contributed by atoms with Crippen LogP contribution in [0.3, 0.4) is 0 Å². The molecule has 3 heterocycles. The van der Waals surface area contributed by atoms with Gasteiger partial charge in [-0.25, -0.2) is 0 Å². The van der Waals surface area contributed by atoms with Gasteiger partial charge in [-0.1, -0.05) is 0 Å². The third-order valence-corrected chi connectivity index (χ3v) is 5.37. The molecule has 0 aromatic rings. The first kappa shape index (κ1) is 25.0. The van der Waals surface area contributed by atoms with Crippen molar-refractivity contribution < 1.29 is 42.9 Å². The van der Waals surface area contributed by atoms with Crippen molar-refractivity contribution in [2.24, 2.45) is 0 Å². The highest BCUT2D eigenvalue weighted by Gasteiger charge is 2.39. The first-order valence-electron chi connectivity index (χ1n) is 7.44. The minimum Gasteiger partial charge on any atom is -1.00 e. The number of hydrogen-bond donors (Lipinski definition) is 2. The molecule has 0 unspecified atom stereocenters. The van der Waals surface area contributed by atoms with Crippen LogP contribution in [0.15, 0.2) is 0 Å². The normalized spacial score (nSPS) is 26.3. The van der Waals surface area contributed by atoms with Crippen LogP contribution >= 0.6 is 34.0 Å². The molecule has 3 fully saturated rings. The van der Waals surface area contributed by atoms with E-state index < -0.39 is 0 Å². The summed E-state index contributed by atoms with van der Waals surface area (Å²) in [4.78, 5) is 0. The Hall–Kier alpha value is 1.76. The third kappa shape index (κ3) is 6.29. The molecule has 0 saturated carbocycles. The maximum Gasteiger partial charge on any atom is 0.129 e. The highest BCUT2D eigenvalue weighted by molar-refractivity contribution is 8.93. The van der Waals surface area contributed by atoms with E-state index in [9.17, 15) is 0 Å². The van der Waals surface area contributed by atoms with E-state index in [0.29, 0.717) is 0 Å². The molecule has 21 heavy (non-hydrogen) atoms. The second-order valence-electron chi connectivity index (χ2n) is 6.33. The molecular weight excluding hydrogens is 532 g/mol.